The lowest BCUT2D eigenvalue weighted by atomic mass is 10.1. The largest absolute Gasteiger partial charge is 0.392 e. The molecule has 2 aromatic carbocycles. The zero-order valence-electron chi connectivity index (χ0n) is 19.7. The number of hydrogen-bond acceptors (Lipinski definition) is 8. The summed E-state index contributed by atoms with van der Waals surface area (Å²) in [6, 6.07) is 15.3. The van der Waals surface area contributed by atoms with E-state index in [0.717, 1.165) is 54.1 Å². The summed E-state index contributed by atoms with van der Waals surface area (Å²) in [7, 11) is 0. The van der Waals surface area contributed by atoms with Crippen molar-refractivity contribution >= 4 is 39.8 Å². The summed E-state index contributed by atoms with van der Waals surface area (Å²) in [4.78, 5) is 28.0. The molecular formula is C27H27N7O2. The molecule has 9 nitrogen and oxygen atoms in total. The van der Waals surface area contributed by atoms with E-state index in [4.69, 9.17) is 4.98 Å². The van der Waals surface area contributed by atoms with Gasteiger partial charge in [-0.1, -0.05) is 24.8 Å². The number of piperazine rings is 1. The molecule has 5 rings (SSSR count). The van der Waals surface area contributed by atoms with Crippen LogP contribution in [0.3, 0.4) is 0 Å². The Morgan fingerprint density at radius 1 is 1.11 bits per heavy atom. The van der Waals surface area contributed by atoms with Crippen molar-refractivity contribution in [2.24, 2.45) is 0 Å². The summed E-state index contributed by atoms with van der Waals surface area (Å²) >= 11 is 0. The van der Waals surface area contributed by atoms with Crippen molar-refractivity contribution in [1.82, 2.24) is 20.3 Å². The molecule has 1 amide bonds. The molecule has 1 saturated heterocycles. The van der Waals surface area contributed by atoms with Gasteiger partial charge in [-0.15, -0.1) is 0 Å². The Kier molecular flexibility index (Phi) is 6.83. The standard InChI is InChI=1S/C27H27N7O2/c1-2-24(36)31-23-7-4-10-29-26(23)21-6-3-5-18-16-30-27(33-25(18)21)32-22-9-8-20(15-19(22)17-35)34-13-11-28-12-14-34/h2-10,15-16,28,35H,1,11-14,17H2,(H,31,36)(H,30,32,33). The van der Waals surface area contributed by atoms with Gasteiger partial charge < -0.3 is 26.0 Å². The van der Waals surface area contributed by atoms with Crippen LogP contribution in [0.15, 0.2) is 73.6 Å². The fourth-order valence-corrected chi connectivity index (χ4v) is 4.28. The number of anilines is 4. The van der Waals surface area contributed by atoms with Gasteiger partial charge in [-0.2, -0.15) is 0 Å². The van der Waals surface area contributed by atoms with E-state index in [1.54, 1.807) is 24.5 Å². The van der Waals surface area contributed by atoms with Crippen LogP contribution in [0.5, 0.6) is 0 Å². The molecule has 36 heavy (non-hydrogen) atoms. The Morgan fingerprint density at radius 2 is 1.97 bits per heavy atom. The number of hydrogen-bond donors (Lipinski definition) is 4. The molecule has 1 fully saturated rings. The number of carbonyl (C=O) groups is 1. The maximum atomic E-state index is 12.0. The first-order valence-electron chi connectivity index (χ1n) is 11.8. The third kappa shape index (κ3) is 4.88. The Bertz CT molecular complexity index is 1420. The molecule has 1 aliphatic heterocycles. The van der Waals surface area contributed by atoms with Crippen LogP contribution in [0, 0.1) is 0 Å². The van der Waals surface area contributed by atoms with Crippen molar-refractivity contribution in [2.75, 3.05) is 41.7 Å². The highest BCUT2D eigenvalue weighted by atomic mass is 16.3. The molecule has 182 valence electrons. The van der Waals surface area contributed by atoms with Crippen LogP contribution in [0.1, 0.15) is 5.56 Å². The van der Waals surface area contributed by atoms with E-state index in [-0.39, 0.29) is 12.5 Å². The maximum Gasteiger partial charge on any atom is 0.247 e. The highest BCUT2D eigenvalue weighted by molar-refractivity contribution is 6.03. The Morgan fingerprint density at radius 3 is 2.78 bits per heavy atom. The normalized spacial score (nSPS) is 13.4. The number of rotatable bonds is 7. The molecule has 0 unspecified atom stereocenters. The number of nitrogens with one attached hydrogen (secondary N) is 3. The number of nitrogens with zero attached hydrogens (tertiary/aromatic N) is 4. The highest BCUT2D eigenvalue weighted by Crippen LogP contribution is 2.32. The van der Waals surface area contributed by atoms with Crippen LogP contribution in [-0.2, 0) is 11.4 Å². The van der Waals surface area contributed by atoms with E-state index in [2.05, 4.69) is 37.4 Å². The second kappa shape index (κ2) is 10.5. The van der Waals surface area contributed by atoms with E-state index in [1.165, 1.54) is 6.08 Å². The second-order valence-corrected chi connectivity index (χ2v) is 8.39. The van der Waals surface area contributed by atoms with Gasteiger partial charge in [0.05, 0.1) is 23.5 Å². The van der Waals surface area contributed by atoms with Crippen molar-refractivity contribution < 1.29 is 9.90 Å². The predicted octanol–water partition coefficient (Wildman–Crippen LogP) is 3.46. The van der Waals surface area contributed by atoms with E-state index in [9.17, 15) is 9.90 Å². The van der Waals surface area contributed by atoms with Gasteiger partial charge >= 0.3 is 0 Å². The first-order valence-corrected chi connectivity index (χ1v) is 11.8. The van der Waals surface area contributed by atoms with Gasteiger partial charge in [-0.05, 0) is 36.4 Å². The Labute approximate surface area is 208 Å². The number of aliphatic hydroxyl groups excluding tert-OH is 1. The highest BCUT2D eigenvalue weighted by Gasteiger charge is 2.15. The monoisotopic (exact) mass is 481 g/mol. The summed E-state index contributed by atoms with van der Waals surface area (Å²) in [5.74, 6) is 0.0782. The van der Waals surface area contributed by atoms with Crippen molar-refractivity contribution in [1.29, 1.82) is 0 Å². The minimum Gasteiger partial charge on any atom is -0.392 e. The van der Waals surface area contributed by atoms with Crippen molar-refractivity contribution in [2.45, 2.75) is 6.61 Å². The number of fused-ring (bicyclic) bond motifs is 1. The van der Waals surface area contributed by atoms with E-state index in [1.807, 2.05) is 36.4 Å². The molecule has 3 heterocycles. The topological polar surface area (TPSA) is 115 Å². The van der Waals surface area contributed by atoms with Crippen LogP contribution in [0.4, 0.5) is 23.0 Å². The first kappa shape index (κ1) is 23.4. The van der Waals surface area contributed by atoms with Crippen molar-refractivity contribution in [3.8, 4) is 11.3 Å². The fraction of sp³-hybridized carbons (Fsp3) is 0.185. The van der Waals surface area contributed by atoms with Gasteiger partial charge in [0.25, 0.3) is 0 Å². The lowest BCUT2D eigenvalue weighted by Crippen LogP contribution is -2.43. The van der Waals surface area contributed by atoms with Gasteiger partial charge in [0.1, 0.15) is 0 Å². The molecule has 0 saturated carbocycles. The number of amides is 1. The van der Waals surface area contributed by atoms with Crippen LogP contribution >= 0.6 is 0 Å². The number of aliphatic hydroxyl groups is 1. The summed E-state index contributed by atoms with van der Waals surface area (Å²) < 4.78 is 0. The summed E-state index contributed by atoms with van der Waals surface area (Å²) in [6.07, 6.45) is 4.63. The third-order valence-electron chi connectivity index (χ3n) is 6.10. The Balaban J connectivity index is 1.49. The first-order chi connectivity index (χ1) is 17.7. The molecule has 4 aromatic rings. The zero-order chi connectivity index (χ0) is 24.9. The molecule has 0 radical (unpaired) electrons. The smallest absolute Gasteiger partial charge is 0.247 e. The molecule has 9 heteroatoms. The number of pyridine rings is 1. The molecule has 0 spiro atoms. The van der Waals surface area contributed by atoms with Crippen molar-refractivity contribution in [3.63, 3.8) is 0 Å². The van der Waals surface area contributed by atoms with Crippen LogP contribution in [0.2, 0.25) is 0 Å². The lowest BCUT2D eigenvalue weighted by molar-refractivity contribution is -0.111. The minimum atomic E-state index is -0.317. The van der Waals surface area contributed by atoms with E-state index >= 15 is 0 Å². The molecule has 0 aliphatic carbocycles. The molecular weight excluding hydrogens is 454 g/mol. The van der Waals surface area contributed by atoms with Gasteiger partial charge in [-0.3, -0.25) is 9.78 Å². The zero-order valence-corrected chi connectivity index (χ0v) is 19.7. The van der Waals surface area contributed by atoms with Crippen molar-refractivity contribution in [3.05, 3.63) is 79.1 Å². The summed E-state index contributed by atoms with van der Waals surface area (Å²) in [5, 5.41) is 20.3. The van der Waals surface area contributed by atoms with Gasteiger partial charge in [0.2, 0.25) is 11.9 Å². The van der Waals surface area contributed by atoms with Crippen LogP contribution < -0.4 is 20.9 Å². The van der Waals surface area contributed by atoms with Crippen LogP contribution in [0.25, 0.3) is 22.2 Å². The third-order valence-corrected chi connectivity index (χ3v) is 6.10. The number of benzene rings is 2. The SMILES string of the molecule is C=CC(=O)Nc1cccnc1-c1cccc2cnc(Nc3ccc(N4CCNCC4)cc3CO)nc12. The summed E-state index contributed by atoms with van der Waals surface area (Å²) in [5.41, 5.74) is 5.19. The van der Waals surface area contributed by atoms with Gasteiger partial charge in [0, 0.05) is 66.5 Å². The average molecular weight is 482 g/mol. The number of para-hydroxylation sites is 1. The second-order valence-electron chi connectivity index (χ2n) is 8.39. The van der Waals surface area contributed by atoms with E-state index < -0.39 is 0 Å². The molecule has 0 atom stereocenters. The molecule has 2 aromatic heterocycles. The lowest BCUT2D eigenvalue weighted by Gasteiger charge is -2.30. The number of carbonyl (C=O) groups excluding carboxylic acids is 1. The molecule has 0 bridgehead atoms. The van der Waals surface area contributed by atoms with Gasteiger partial charge in [0.15, 0.2) is 0 Å². The minimum absolute atomic E-state index is 0.110. The average Bonchev–Trinajstić information content (AvgIpc) is 2.93. The molecule has 1 aliphatic rings. The summed E-state index contributed by atoms with van der Waals surface area (Å²) in [6.45, 7) is 7.15. The van der Waals surface area contributed by atoms with Gasteiger partial charge in [-0.25, -0.2) is 9.97 Å². The van der Waals surface area contributed by atoms with E-state index in [0.29, 0.717) is 22.8 Å². The van der Waals surface area contributed by atoms with Crippen LogP contribution in [-0.4, -0.2) is 52.1 Å². The Hall–Kier alpha value is -4.34. The predicted molar refractivity (Wildman–Crippen MR) is 142 cm³/mol. The quantitative estimate of drug-likeness (QED) is 0.297. The maximum absolute atomic E-state index is 12.0. The fourth-order valence-electron chi connectivity index (χ4n) is 4.28. The molecule has 4 N–H and O–H groups in total. The number of aromatic nitrogens is 3.